The molecule has 1 saturated heterocycles. The van der Waals surface area contributed by atoms with Gasteiger partial charge in [0.1, 0.15) is 11.5 Å². The predicted octanol–water partition coefficient (Wildman–Crippen LogP) is 2.71. The second kappa shape index (κ2) is 6.57. The van der Waals surface area contributed by atoms with Gasteiger partial charge < -0.3 is 14.2 Å². The molecule has 0 bridgehead atoms. The topological polar surface area (TPSA) is 53.7 Å². The normalized spacial score (nSPS) is 15.4. The van der Waals surface area contributed by atoms with E-state index in [9.17, 15) is 18.0 Å². The molecule has 0 N–H and O–H groups in total. The first-order chi connectivity index (χ1) is 12.9. The van der Waals surface area contributed by atoms with Gasteiger partial charge in [-0.2, -0.15) is 13.2 Å². The summed E-state index contributed by atoms with van der Waals surface area (Å²) in [6.45, 7) is 1.93. The Labute approximate surface area is 152 Å². The molecule has 1 aliphatic rings. The number of halogens is 3. The number of alkyl halides is 3. The third kappa shape index (κ3) is 3.32. The molecular weight excluding hydrogens is 359 g/mol. The average molecular weight is 375 g/mol. The van der Waals surface area contributed by atoms with Crippen molar-refractivity contribution in [3.8, 4) is 0 Å². The number of hydrogen-bond donors (Lipinski definition) is 0. The van der Waals surface area contributed by atoms with E-state index in [1.165, 1.54) is 6.07 Å². The molecule has 0 saturated carbocycles. The standard InChI is InChI=1S/C18H16F3N5O/c19-18(20,21)13-3-4-15(23-12-13)24-8-10-26(11-9-24)17(27)14-2-1-6-25-7-5-22-16(14)25/h1-7,12H,8-11H2. The summed E-state index contributed by atoms with van der Waals surface area (Å²) in [5.74, 6) is 0.372. The van der Waals surface area contributed by atoms with Crippen LogP contribution >= 0.6 is 0 Å². The van der Waals surface area contributed by atoms with Crippen molar-refractivity contribution >= 4 is 17.4 Å². The van der Waals surface area contributed by atoms with Crippen LogP contribution in [0, 0.1) is 0 Å². The number of rotatable bonds is 2. The highest BCUT2D eigenvalue weighted by Crippen LogP contribution is 2.29. The fourth-order valence-corrected chi connectivity index (χ4v) is 3.17. The van der Waals surface area contributed by atoms with E-state index in [-0.39, 0.29) is 5.91 Å². The Morgan fingerprint density at radius 2 is 1.78 bits per heavy atom. The molecule has 1 aliphatic heterocycles. The predicted molar refractivity (Wildman–Crippen MR) is 92.5 cm³/mol. The van der Waals surface area contributed by atoms with Crippen molar-refractivity contribution in [3.63, 3.8) is 0 Å². The number of amides is 1. The minimum absolute atomic E-state index is 0.105. The van der Waals surface area contributed by atoms with Crippen molar-refractivity contribution < 1.29 is 18.0 Å². The van der Waals surface area contributed by atoms with Crippen LogP contribution in [0.2, 0.25) is 0 Å². The van der Waals surface area contributed by atoms with E-state index in [1.807, 2.05) is 11.1 Å². The quantitative estimate of drug-likeness (QED) is 0.691. The van der Waals surface area contributed by atoms with Crippen LogP contribution in [0.15, 0.2) is 49.1 Å². The lowest BCUT2D eigenvalue weighted by atomic mass is 10.2. The largest absolute Gasteiger partial charge is 0.417 e. The second-order valence-electron chi connectivity index (χ2n) is 6.26. The zero-order valence-electron chi connectivity index (χ0n) is 14.2. The van der Waals surface area contributed by atoms with Gasteiger partial charge in [-0.25, -0.2) is 9.97 Å². The average Bonchev–Trinajstić information content (AvgIpc) is 3.16. The number of carbonyl (C=O) groups excluding carboxylic acids is 1. The SMILES string of the molecule is O=C(c1cccn2ccnc12)N1CCN(c2ccc(C(F)(F)F)cn2)CC1. The van der Waals surface area contributed by atoms with Gasteiger partial charge in [0.2, 0.25) is 0 Å². The summed E-state index contributed by atoms with van der Waals surface area (Å²) >= 11 is 0. The minimum atomic E-state index is -4.40. The van der Waals surface area contributed by atoms with Crippen molar-refractivity contribution in [2.45, 2.75) is 6.18 Å². The van der Waals surface area contributed by atoms with Crippen LogP contribution < -0.4 is 4.90 Å². The van der Waals surface area contributed by atoms with Gasteiger partial charge in [-0.1, -0.05) is 0 Å². The third-order valence-corrected chi connectivity index (χ3v) is 4.62. The molecule has 4 rings (SSSR count). The van der Waals surface area contributed by atoms with E-state index in [0.717, 1.165) is 12.3 Å². The maximum absolute atomic E-state index is 12.8. The van der Waals surface area contributed by atoms with Crippen LogP contribution in [0.1, 0.15) is 15.9 Å². The van der Waals surface area contributed by atoms with Crippen LogP contribution in [0.5, 0.6) is 0 Å². The Morgan fingerprint density at radius 3 is 2.44 bits per heavy atom. The number of pyridine rings is 2. The van der Waals surface area contributed by atoms with Gasteiger partial charge >= 0.3 is 6.18 Å². The van der Waals surface area contributed by atoms with Crippen molar-refractivity contribution in [2.24, 2.45) is 0 Å². The Balaban J connectivity index is 1.44. The summed E-state index contributed by atoms with van der Waals surface area (Å²) in [4.78, 5) is 24.6. The molecule has 140 valence electrons. The highest BCUT2D eigenvalue weighted by Gasteiger charge is 2.31. The van der Waals surface area contributed by atoms with Crippen LogP contribution in [-0.4, -0.2) is 51.4 Å². The van der Waals surface area contributed by atoms with Crippen molar-refractivity contribution in [2.75, 3.05) is 31.1 Å². The molecule has 4 heterocycles. The van der Waals surface area contributed by atoms with Gasteiger partial charge in [-0.05, 0) is 24.3 Å². The lowest BCUT2D eigenvalue weighted by molar-refractivity contribution is -0.137. The molecule has 3 aromatic rings. The van der Waals surface area contributed by atoms with Crippen molar-refractivity contribution in [1.29, 1.82) is 0 Å². The smallest absolute Gasteiger partial charge is 0.353 e. The van der Waals surface area contributed by atoms with E-state index in [0.29, 0.717) is 43.2 Å². The van der Waals surface area contributed by atoms with E-state index >= 15 is 0 Å². The summed E-state index contributed by atoms with van der Waals surface area (Å²) in [7, 11) is 0. The molecule has 0 aromatic carbocycles. The molecule has 0 spiro atoms. The molecule has 9 heteroatoms. The fraction of sp³-hybridized carbons (Fsp3) is 0.278. The summed E-state index contributed by atoms with van der Waals surface area (Å²) in [6.07, 6.45) is 1.68. The summed E-state index contributed by atoms with van der Waals surface area (Å²) in [5.41, 5.74) is 0.366. The maximum atomic E-state index is 12.8. The van der Waals surface area contributed by atoms with Crippen molar-refractivity contribution in [3.05, 3.63) is 60.2 Å². The van der Waals surface area contributed by atoms with Crippen molar-refractivity contribution in [1.82, 2.24) is 19.3 Å². The Kier molecular flexibility index (Phi) is 4.21. The number of carbonyl (C=O) groups is 1. The van der Waals surface area contributed by atoms with Gasteiger partial charge in [-0.15, -0.1) is 0 Å². The van der Waals surface area contributed by atoms with Gasteiger partial charge in [0, 0.05) is 51.0 Å². The lowest BCUT2D eigenvalue weighted by Gasteiger charge is -2.35. The summed E-state index contributed by atoms with van der Waals surface area (Å²) < 4.78 is 39.7. The lowest BCUT2D eigenvalue weighted by Crippen LogP contribution is -2.49. The zero-order chi connectivity index (χ0) is 19.0. The number of imidazole rings is 1. The highest BCUT2D eigenvalue weighted by molar-refractivity contribution is 5.99. The van der Waals surface area contributed by atoms with Crippen LogP contribution in [0.25, 0.3) is 5.65 Å². The molecule has 27 heavy (non-hydrogen) atoms. The van der Waals surface area contributed by atoms with E-state index in [2.05, 4.69) is 9.97 Å². The zero-order valence-corrected chi connectivity index (χ0v) is 14.2. The number of anilines is 1. The van der Waals surface area contributed by atoms with Gasteiger partial charge in [-0.3, -0.25) is 4.79 Å². The van der Waals surface area contributed by atoms with E-state index in [1.54, 1.807) is 33.8 Å². The number of fused-ring (bicyclic) bond motifs is 1. The molecule has 1 fully saturated rings. The van der Waals surface area contributed by atoms with Crippen LogP contribution in [0.4, 0.5) is 19.0 Å². The molecule has 1 amide bonds. The second-order valence-corrected chi connectivity index (χ2v) is 6.26. The number of nitrogens with zero attached hydrogens (tertiary/aromatic N) is 5. The molecular formula is C18H16F3N5O. The molecule has 0 radical (unpaired) electrons. The monoisotopic (exact) mass is 375 g/mol. The molecule has 0 aliphatic carbocycles. The molecule has 6 nitrogen and oxygen atoms in total. The molecule has 3 aromatic heterocycles. The van der Waals surface area contributed by atoms with Gasteiger partial charge in [0.15, 0.2) is 0 Å². The number of aromatic nitrogens is 3. The highest BCUT2D eigenvalue weighted by atomic mass is 19.4. The molecule has 0 atom stereocenters. The van der Waals surface area contributed by atoms with Gasteiger partial charge in [0.05, 0.1) is 11.1 Å². The first-order valence-corrected chi connectivity index (χ1v) is 8.42. The van der Waals surface area contributed by atoms with E-state index in [4.69, 9.17) is 0 Å². The fourth-order valence-electron chi connectivity index (χ4n) is 3.17. The first-order valence-electron chi connectivity index (χ1n) is 8.42. The minimum Gasteiger partial charge on any atom is -0.353 e. The Morgan fingerprint density at radius 1 is 1.00 bits per heavy atom. The summed E-state index contributed by atoms with van der Waals surface area (Å²) in [6, 6.07) is 5.93. The van der Waals surface area contributed by atoms with Crippen LogP contribution in [0.3, 0.4) is 0 Å². The molecule has 0 unspecified atom stereocenters. The third-order valence-electron chi connectivity index (χ3n) is 4.62. The van der Waals surface area contributed by atoms with Gasteiger partial charge in [0.25, 0.3) is 5.91 Å². The first kappa shape index (κ1) is 17.3. The summed E-state index contributed by atoms with van der Waals surface area (Å²) in [5, 5.41) is 0. The number of hydrogen-bond acceptors (Lipinski definition) is 4. The van der Waals surface area contributed by atoms with E-state index < -0.39 is 11.7 Å². The van der Waals surface area contributed by atoms with Crippen LogP contribution in [-0.2, 0) is 6.18 Å². The Bertz CT molecular complexity index is 959. The maximum Gasteiger partial charge on any atom is 0.417 e. The Hall–Kier alpha value is -3.10. The number of piperazine rings is 1.